The van der Waals surface area contributed by atoms with Gasteiger partial charge in [0.1, 0.15) is 22.4 Å². The first-order valence-corrected chi connectivity index (χ1v) is 13.8. The maximum atomic E-state index is 10.7. The zero-order valence-corrected chi connectivity index (χ0v) is 22.8. The fourth-order valence-corrected chi connectivity index (χ4v) is 6.14. The van der Waals surface area contributed by atoms with E-state index in [0.29, 0.717) is 18.2 Å². The molecule has 1 aliphatic rings. The first-order valence-electron chi connectivity index (χ1n) is 13.0. The van der Waals surface area contributed by atoms with Crippen LogP contribution in [0.3, 0.4) is 0 Å². The molecule has 0 amide bonds. The lowest BCUT2D eigenvalue weighted by molar-refractivity contribution is 0.00446. The van der Waals surface area contributed by atoms with Gasteiger partial charge in [0.25, 0.3) is 0 Å². The van der Waals surface area contributed by atoms with Crippen molar-refractivity contribution in [2.24, 2.45) is 5.92 Å². The van der Waals surface area contributed by atoms with Crippen molar-refractivity contribution in [3.63, 3.8) is 0 Å². The molecule has 1 fully saturated rings. The lowest BCUT2D eigenvalue weighted by Gasteiger charge is -2.22. The molecule has 10 heteroatoms. The Kier molecular flexibility index (Phi) is 7.58. The summed E-state index contributed by atoms with van der Waals surface area (Å²) in [5.74, 6) is 0.563. The van der Waals surface area contributed by atoms with Crippen LogP contribution in [0.4, 0.5) is 11.8 Å². The van der Waals surface area contributed by atoms with Crippen molar-refractivity contribution in [1.82, 2.24) is 19.9 Å². The van der Waals surface area contributed by atoms with Gasteiger partial charge in [-0.2, -0.15) is 4.98 Å². The second kappa shape index (κ2) is 10.9. The number of pyridine rings is 1. The SMILES string of the molecule is CCc1ccc([C@@H](C)Nc2nc(C)c(-c3nc4c(C)nccc4s3)c(N[C@@H]3C[C@H](CO)[C@@H](O)[C@H]3O)n2)cc1. The van der Waals surface area contributed by atoms with Gasteiger partial charge in [0.15, 0.2) is 0 Å². The number of anilines is 2. The van der Waals surface area contributed by atoms with Gasteiger partial charge in [-0.3, -0.25) is 4.98 Å². The van der Waals surface area contributed by atoms with Crippen LogP contribution in [-0.4, -0.2) is 60.1 Å². The van der Waals surface area contributed by atoms with Gasteiger partial charge in [-0.15, -0.1) is 11.3 Å². The highest BCUT2D eigenvalue weighted by molar-refractivity contribution is 7.21. The van der Waals surface area contributed by atoms with E-state index in [2.05, 4.69) is 53.7 Å². The van der Waals surface area contributed by atoms with Crippen LogP contribution in [0.5, 0.6) is 0 Å². The standard InChI is InChI=1S/C28H34N6O3S/c1-5-17-6-8-18(9-7-17)14(2)30-28-31-15(3)22(27-33-23-16(4)29-11-10-21(23)38-27)26(34-28)32-20-12-19(13-35)24(36)25(20)37/h6-11,14,19-20,24-25,35-37H,5,12-13H2,1-4H3,(H2,30,31,32,34)/t14-,19-,20-,24-,25+/m1/s1. The zero-order valence-electron chi connectivity index (χ0n) is 22.0. The van der Waals surface area contributed by atoms with Crippen molar-refractivity contribution in [2.45, 2.75) is 64.8 Å². The number of hydrogen-bond donors (Lipinski definition) is 5. The quantitative estimate of drug-likeness (QED) is 0.227. The van der Waals surface area contributed by atoms with E-state index < -0.39 is 24.2 Å². The van der Waals surface area contributed by atoms with Crippen molar-refractivity contribution in [1.29, 1.82) is 0 Å². The molecule has 3 heterocycles. The van der Waals surface area contributed by atoms with Gasteiger partial charge < -0.3 is 26.0 Å². The van der Waals surface area contributed by atoms with Gasteiger partial charge in [0.2, 0.25) is 5.95 Å². The van der Waals surface area contributed by atoms with E-state index in [1.54, 1.807) is 6.20 Å². The maximum Gasteiger partial charge on any atom is 0.225 e. The van der Waals surface area contributed by atoms with Crippen LogP contribution in [0.1, 0.15) is 48.8 Å². The van der Waals surface area contributed by atoms with E-state index in [9.17, 15) is 15.3 Å². The topological polar surface area (TPSA) is 136 Å². The molecular weight excluding hydrogens is 500 g/mol. The summed E-state index contributed by atoms with van der Waals surface area (Å²) in [5, 5.41) is 38.3. The first kappa shape index (κ1) is 26.4. The average Bonchev–Trinajstić information content (AvgIpc) is 3.45. The first-order chi connectivity index (χ1) is 18.3. The smallest absolute Gasteiger partial charge is 0.225 e. The Hall–Kier alpha value is -3.18. The zero-order chi connectivity index (χ0) is 27.0. The van der Waals surface area contributed by atoms with Crippen molar-refractivity contribution in [3.8, 4) is 10.6 Å². The van der Waals surface area contributed by atoms with Crippen LogP contribution in [-0.2, 0) is 6.42 Å². The molecule has 5 atom stereocenters. The minimum atomic E-state index is -1.04. The van der Waals surface area contributed by atoms with E-state index in [0.717, 1.165) is 44.2 Å². The molecule has 200 valence electrons. The summed E-state index contributed by atoms with van der Waals surface area (Å²) in [6, 6.07) is 9.90. The predicted octanol–water partition coefficient (Wildman–Crippen LogP) is 4.02. The van der Waals surface area contributed by atoms with E-state index in [4.69, 9.17) is 15.0 Å². The summed E-state index contributed by atoms with van der Waals surface area (Å²) in [6.45, 7) is 7.85. The highest BCUT2D eigenvalue weighted by Gasteiger charge is 2.41. The monoisotopic (exact) mass is 534 g/mol. The van der Waals surface area contributed by atoms with Crippen molar-refractivity contribution in [2.75, 3.05) is 17.2 Å². The maximum absolute atomic E-state index is 10.7. The lowest BCUT2D eigenvalue weighted by Crippen LogP contribution is -2.35. The molecule has 1 saturated carbocycles. The Morgan fingerprint density at radius 2 is 1.79 bits per heavy atom. The van der Waals surface area contributed by atoms with Crippen molar-refractivity contribution >= 4 is 33.3 Å². The molecule has 1 aliphatic carbocycles. The van der Waals surface area contributed by atoms with E-state index in [-0.39, 0.29) is 12.6 Å². The van der Waals surface area contributed by atoms with Crippen LogP contribution >= 0.6 is 11.3 Å². The highest BCUT2D eigenvalue weighted by atomic mass is 32.1. The van der Waals surface area contributed by atoms with E-state index in [1.165, 1.54) is 16.9 Å². The molecule has 5 rings (SSSR count). The van der Waals surface area contributed by atoms with Crippen molar-refractivity contribution in [3.05, 3.63) is 59.0 Å². The number of nitrogens with zero attached hydrogens (tertiary/aromatic N) is 4. The number of aliphatic hydroxyl groups excluding tert-OH is 3. The second-order valence-electron chi connectivity index (χ2n) is 9.99. The van der Waals surface area contributed by atoms with E-state index >= 15 is 0 Å². The third kappa shape index (κ3) is 5.09. The number of fused-ring (bicyclic) bond motifs is 1. The summed E-state index contributed by atoms with van der Waals surface area (Å²) in [6.07, 6.45) is 1.12. The number of thiazole rings is 1. The molecular formula is C28H34N6O3S. The van der Waals surface area contributed by atoms with Crippen LogP contribution in [0.2, 0.25) is 0 Å². The second-order valence-corrected chi connectivity index (χ2v) is 11.0. The molecule has 0 bridgehead atoms. The van der Waals surface area contributed by atoms with Gasteiger partial charge in [-0.05, 0) is 50.8 Å². The normalized spacial score (nSPS) is 22.1. The fourth-order valence-electron chi connectivity index (χ4n) is 5.03. The van der Waals surface area contributed by atoms with Crippen LogP contribution in [0.15, 0.2) is 36.5 Å². The number of aromatic nitrogens is 4. The number of rotatable bonds is 8. The Bertz CT molecular complexity index is 1430. The van der Waals surface area contributed by atoms with Crippen LogP contribution in [0.25, 0.3) is 20.8 Å². The summed E-state index contributed by atoms with van der Waals surface area (Å²) < 4.78 is 1.01. The molecule has 4 aromatic rings. The molecule has 38 heavy (non-hydrogen) atoms. The summed E-state index contributed by atoms with van der Waals surface area (Å²) in [5.41, 5.74) is 5.56. The third-order valence-corrected chi connectivity index (χ3v) is 8.42. The van der Waals surface area contributed by atoms with Crippen LogP contribution in [0, 0.1) is 19.8 Å². The summed E-state index contributed by atoms with van der Waals surface area (Å²) in [7, 11) is 0. The molecule has 0 saturated heterocycles. The molecule has 0 spiro atoms. The molecule has 0 unspecified atom stereocenters. The number of aliphatic hydroxyl groups is 3. The Labute approximate surface area is 226 Å². The Morgan fingerprint density at radius 1 is 1.03 bits per heavy atom. The minimum absolute atomic E-state index is 0.0344. The number of benzene rings is 1. The number of aryl methyl sites for hydroxylation is 3. The molecule has 9 nitrogen and oxygen atoms in total. The summed E-state index contributed by atoms with van der Waals surface area (Å²) >= 11 is 1.53. The fraction of sp³-hybridized carbons (Fsp3) is 0.429. The Morgan fingerprint density at radius 3 is 2.45 bits per heavy atom. The molecule has 0 radical (unpaired) electrons. The molecule has 3 aromatic heterocycles. The number of nitrogens with one attached hydrogen (secondary N) is 2. The van der Waals surface area contributed by atoms with Gasteiger partial charge in [-0.1, -0.05) is 31.2 Å². The molecule has 5 N–H and O–H groups in total. The summed E-state index contributed by atoms with van der Waals surface area (Å²) in [4.78, 5) is 18.8. The third-order valence-electron chi connectivity index (χ3n) is 7.39. The Balaban J connectivity index is 1.53. The lowest BCUT2D eigenvalue weighted by atomic mass is 10.1. The minimum Gasteiger partial charge on any atom is -0.396 e. The molecule has 1 aromatic carbocycles. The number of hydrogen-bond acceptors (Lipinski definition) is 10. The predicted molar refractivity (Wildman–Crippen MR) is 150 cm³/mol. The van der Waals surface area contributed by atoms with Crippen molar-refractivity contribution < 1.29 is 15.3 Å². The van der Waals surface area contributed by atoms with Gasteiger partial charge in [0.05, 0.1) is 39.8 Å². The average molecular weight is 535 g/mol. The van der Waals surface area contributed by atoms with Gasteiger partial charge in [-0.25, -0.2) is 9.97 Å². The molecule has 0 aliphatic heterocycles. The van der Waals surface area contributed by atoms with Gasteiger partial charge in [0, 0.05) is 18.7 Å². The van der Waals surface area contributed by atoms with E-state index in [1.807, 2.05) is 19.9 Å². The largest absolute Gasteiger partial charge is 0.396 e. The van der Waals surface area contributed by atoms with Crippen LogP contribution < -0.4 is 10.6 Å². The van der Waals surface area contributed by atoms with Gasteiger partial charge >= 0.3 is 0 Å². The highest BCUT2D eigenvalue weighted by Crippen LogP contribution is 2.38.